The number of carbonyl (C=O) groups is 1. The molecule has 20 heavy (non-hydrogen) atoms. The Bertz CT molecular complexity index is 531. The highest BCUT2D eigenvalue weighted by Crippen LogP contribution is 2.28. The first-order chi connectivity index (χ1) is 9.47. The van der Waals surface area contributed by atoms with Crippen LogP contribution < -0.4 is 10.2 Å². The molecule has 0 unspecified atom stereocenters. The molecule has 0 bridgehead atoms. The molecule has 1 saturated heterocycles. The van der Waals surface area contributed by atoms with Gasteiger partial charge in [-0.2, -0.15) is 0 Å². The van der Waals surface area contributed by atoms with Crippen molar-refractivity contribution >= 4 is 11.9 Å². The number of hydrogen-bond acceptors (Lipinski definition) is 5. The molecule has 6 nitrogen and oxygen atoms in total. The van der Waals surface area contributed by atoms with Crippen LogP contribution in [0.2, 0.25) is 0 Å². The average Bonchev–Trinajstić information content (AvgIpc) is 2.77. The molecule has 0 spiro atoms. The number of carbonyl (C=O) groups excluding carboxylic acids is 1. The first-order valence-corrected chi connectivity index (χ1v) is 7.10. The van der Waals surface area contributed by atoms with E-state index in [0.29, 0.717) is 12.1 Å². The lowest BCUT2D eigenvalue weighted by Crippen LogP contribution is -2.44. The molecule has 1 amide bonds. The van der Waals surface area contributed by atoms with Gasteiger partial charge in [0.05, 0.1) is 17.8 Å². The Morgan fingerprint density at radius 1 is 1.25 bits per heavy atom. The van der Waals surface area contributed by atoms with Crippen molar-refractivity contribution in [1.82, 2.24) is 20.2 Å². The van der Waals surface area contributed by atoms with Gasteiger partial charge in [-0.05, 0) is 20.8 Å². The Morgan fingerprint density at radius 3 is 2.60 bits per heavy atom. The Morgan fingerprint density at radius 2 is 1.95 bits per heavy atom. The van der Waals surface area contributed by atoms with Gasteiger partial charge in [-0.1, -0.05) is 0 Å². The van der Waals surface area contributed by atoms with Crippen LogP contribution in [0.15, 0.2) is 6.20 Å². The van der Waals surface area contributed by atoms with Gasteiger partial charge < -0.3 is 15.1 Å². The molecule has 0 aliphatic carbocycles. The van der Waals surface area contributed by atoms with E-state index in [1.807, 2.05) is 25.7 Å². The number of piperazine rings is 1. The van der Waals surface area contributed by atoms with Crippen LogP contribution in [0, 0.1) is 0 Å². The highest BCUT2D eigenvalue weighted by Gasteiger charge is 2.36. The summed E-state index contributed by atoms with van der Waals surface area (Å²) >= 11 is 0. The van der Waals surface area contributed by atoms with Gasteiger partial charge in [0, 0.05) is 37.9 Å². The van der Waals surface area contributed by atoms with Crippen molar-refractivity contribution in [3.8, 4) is 0 Å². The summed E-state index contributed by atoms with van der Waals surface area (Å²) in [5.74, 6) is 0.785. The van der Waals surface area contributed by atoms with Crippen molar-refractivity contribution in [1.29, 1.82) is 0 Å². The van der Waals surface area contributed by atoms with E-state index in [1.54, 1.807) is 6.20 Å². The van der Waals surface area contributed by atoms with Crippen molar-refractivity contribution in [2.45, 2.75) is 32.9 Å². The largest absolute Gasteiger partial charge is 0.338 e. The van der Waals surface area contributed by atoms with E-state index in [9.17, 15) is 4.79 Å². The number of fused-ring (bicyclic) bond motifs is 1. The van der Waals surface area contributed by atoms with Crippen molar-refractivity contribution in [3.63, 3.8) is 0 Å². The number of anilines is 1. The number of nitrogens with zero attached hydrogens (tertiary/aromatic N) is 4. The Labute approximate surface area is 119 Å². The average molecular weight is 275 g/mol. The lowest BCUT2D eigenvalue weighted by atomic mass is 10.1. The second-order valence-corrected chi connectivity index (χ2v) is 6.33. The second kappa shape index (κ2) is 4.70. The maximum absolute atomic E-state index is 12.4. The minimum atomic E-state index is -0.188. The van der Waals surface area contributed by atoms with Crippen LogP contribution >= 0.6 is 0 Å². The van der Waals surface area contributed by atoms with Gasteiger partial charge in [-0.25, -0.2) is 9.97 Å². The van der Waals surface area contributed by atoms with E-state index < -0.39 is 0 Å². The van der Waals surface area contributed by atoms with Crippen LogP contribution in [-0.2, 0) is 6.54 Å². The number of rotatable bonds is 1. The molecule has 0 atom stereocenters. The molecule has 108 valence electrons. The molecular weight excluding hydrogens is 254 g/mol. The summed E-state index contributed by atoms with van der Waals surface area (Å²) in [5.41, 5.74) is 1.32. The van der Waals surface area contributed by atoms with E-state index in [2.05, 4.69) is 20.2 Å². The fourth-order valence-electron chi connectivity index (χ4n) is 2.63. The smallest absolute Gasteiger partial charge is 0.258 e. The monoisotopic (exact) mass is 275 g/mol. The molecule has 6 heteroatoms. The molecule has 3 heterocycles. The highest BCUT2D eigenvalue weighted by atomic mass is 16.2. The van der Waals surface area contributed by atoms with E-state index in [4.69, 9.17) is 0 Å². The maximum Gasteiger partial charge on any atom is 0.258 e. The van der Waals surface area contributed by atoms with Crippen LogP contribution in [0.25, 0.3) is 0 Å². The van der Waals surface area contributed by atoms with Gasteiger partial charge in [0.2, 0.25) is 5.95 Å². The topological polar surface area (TPSA) is 61.4 Å². The minimum Gasteiger partial charge on any atom is -0.338 e. The summed E-state index contributed by atoms with van der Waals surface area (Å²) < 4.78 is 0. The normalized spacial score (nSPS) is 19.4. The summed E-state index contributed by atoms with van der Waals surface area (Å²) in [7, 11) is 0. The first-order valence-electron chi connectivity index (χ1n) is 7.10. The Hall–Kier alpha value is -1.69. The van der Waals surface area contributed by atoms with E-state index in [1.165, 1.54) is 0 Å². The summed E-state index contributed by atoms with van der Waals surface area (Å²) in [6.45, 7) is 10.4. The SMILES string of the molecule is CC(C)(C)N1Cc2nc(N3CCNCC3)ncc2C1=O. The number of nitrogens with one attached hydrogen (secondary N) is 1. The van der Waals surface area contributed by atoms with Crippen molar-refractivity contribution in [2.75, 3.05) is 31.1 Å². The minimum absolute atomic E-state index is 0.0411. The van der Waals surface area contributed by atoms with Gasteiger partial charge in [-0.15, -0.1) is 0 Å². The van der Waals surface area contributed by atoms with Crippen molar-refractivity contribution < 1.29 is 4.79 Å². The van der Waals surface area contributed by atoms with Crippen molar-refractivity contribution in [2.24, 2.45) is 0 Å². The zero-order valence-corrected chi connectivity index (χ0v) is 12.3. The van der Waals surface area contributed by atoms with Crippen LogP contribution in [0.3, 0.4) is 0 Å². The van der Waals surface area contributed by atoms with E-state index in [-0.39, 0.29) is 11.4 Å². The van der Waals surface area contributed by atoms with E-state index >= 15 is 0 Å². The second-order valence-electron chi connectivity index (χ2n) is 6.33. The van der Waals surface area contributed by atoms with Crippen LogP contribution in [0.1, 0.15) is 36.8 Å². The number of amides is 1. The fraction of sp³-hybridized carbons (Fsp3) is 0.643. The lowest BCUT2D eigenvalue weighted by Gasteiger charge is -2.31. The molecule has 1 N–H and O–H groups in total. The number of aromatic nitrogens is 2. The molecule has 2 aliphatic heterocycles. The third-order valence-corrected chi connectivity index (χ3v) is 3.85. The standard InChI is InChI=1S/C14H21N5O/c1-14(2,3)19-9-11-10(12(19)20)8-16-13(17-11)18-6-4-15-5-7-18/h8,15H,4-7,9H2,1-3H3. The lowest BCUT2D eigenvalue weighted by molar-refractivity contribution is 0.0608. The maximum atomic E-state index is 12.4. The van der Waals surface area contributed by atoms with Gasteiger partial charge in [0.1, 0.15) is 0 Å². The van der Waals surface area contributed by atoms with Gasteiger partial charge in [0.15, 0.2) is 0 Å². The fourth-order valence-corrected chi connectivity index (χ4v) is 2.63. The summed E-state index contributed by atoms with van der Waals surface area (Å²) in [5, 5.41) is 3.31. The molecule has 1 aromatic heterocycles. The molecule has 0 aromatic carbocycles. The van der Waals surface area contributed by atoms with Gasteiger partial charge >= 0.3 is 0 Å². The third-order valence-electron chi connectivity index (χ3n) is 3.85. The summed E-state index contributed by atoms with van der Waals surface area (Å²) in [6, 6.07) is 0. The van der Waals surface area contributed by atoms with Crippen LogP contribution in [-0.4, -0.2) is 52.5 Å². The Kier molecular flexibility index (Phi) is 3.12. The molecule has 0 saturated carbocycles. The predicted octanol–water partition coefficient (Wildman–Crippen LogP) is 0.641. The Balaban J connectivity index is 1.87. The summed E-state index contributed by atoms with van der Waals surface area (Å²) in [6.07, 6.45) is 1.69. The third kappa shape index (κ3) is 2.24. The quantitative estimate of drug-likeness (QED) is 0.815. The summed E-state index contributed by atoms with van der Waals surface area (Å²) in [4.78, 5) is 25.4. The molecule has 1 fully saturated rings. The molecule has 3 rings (SSSR count). The van der Waals surface area contributed by atoms with Crippen LogP contribution in [0.4, 0.5) is 5.95 Å². The highest BCUT2D eigenvalue weighted by molar-refractivity contribution is 5.98. The predicted molar refractivity (Wildman–Crippen MR) is 76.7 cm³/mol. The van der Waals surface area contributed by atoms with Crippen LogP contribution in [0.5, 0.6) is 0 Å². The first kappa shape index (κ1) is 13.3. The zero-order chi connectivity index (χ0) is 14.3. The van der Waals surface area contributed by atoms with Gasteiger partial charge in [0.25, 0.3) is 5.91 Å². The number of hydrogen-bond donors (Lipinski definition) is 1. The van der Waals surface area contributed by atoms with Crippen molar-refractivity contribution in [3.05, 3.63) is 17.5 Å². The zero-order valence-electron chi connectivity index (χ0n) is 12.3. The molecule has 1 aromatic rings. The van der Waals surface area contributed by atoms with Gasteiger partial charge in [-0.3, -0.25) is 4.79 Å². The molecule has 2 aliphatic rings. The molecular formula is C14H21N5O. The molecule has 0 radical (unpaired) electrons. The van der Waals surface area contributed by atoms with E-state index in [0.717, 1.165) is 37.8 Å².